The number of ether oxygens (including phenoxy) is 2. The second kappa shape index (κ2) is 5.61. The molecule has 130 valence electrons. The van der Waals surface area contributed by atoms with Gasteiger partial charge in [-0.05, 0) is 60.8 Å². The van der Waals surface area contributed by atoms with Crippen molar-refractivity contribution in [2.45, 2.75) is 37.8 Å². The molecule has 5 rings (SSSR count). The smallest absolute Gasteiger partial charge is 0.231 e. The average Bonchev–Trinajstić information content (AvgIpc) is 3.05. The van der Waals surface area contributed by atoms with Crippen molar-refractivity contribution in [1.29, 1.82) is 0 Å². The Morgan fingerprint density at radius 1 is 1.08 bits per heavy atom. The van der Waals surface area contributed by atoms with Gasteiger partial charge in [-0.2, -0.15) is 0 Å². The van der Waals surface area contributed by atoms with Crippen molar-refractivity contribution in [2.75, 3.05) is 26.5 Å². The highest BCUT2D eigenvalue weighted by Crippen LogP contribution is 2.49. The van der Waals surface area contributed by atoms with Crippen LogP contribution in [-0.4, -0.2) is 47.7 Å². The Balaban J connectivity index is 1.43. The standard InChI is InChI=1S/C19H25NO4/c21-9-14-3-13-8-20-2-1-11-6-18-19(24-10-23-18)7-15(11)16(20)4-12(13)5-17(14)22/h6-7,12-14,16-17,21-22H,1-5,8-10H2/t12-,13-,14+,16+,17+/m1/s1. The summed E-state index contributed by atoms with van der Waals surface area (Å²) in [6.45, 7) is 2.62. The molecule has 5 heteroatoms. The second-order valence-corrected chi connectivity index (χ2v) is 7.90. The van der Waals surface area contributed by atoms with E-state index in [4.69, 9.17) is 9.47 Å². The molecule has 1 saturated heterocycles. The van der Waals surface area contributed by atoms with Crippen molar-refractivity contribution in [2.24, 2.45) is 17.8 Å². The Labute approximate surface area is 142 Å². The topological polar surface area (TPSA) is 62.2 Å². The summed E-state index contributed by atoms with van der Waals surface area (Å²) >= 11 is 0. The summed E-state index contributed by atoms with van der Waals surface area (Å²) in [5, 5.41) is 19.8. The number of piperidine rings is 1. The van der Waals surface area contributed by atoms with Crippen molar-refractivity contribution in [3.05, 3.63) is 23.3 Å². The minimum Gasteiger partial charge on any atom is -0.454 e. The predicted octanol–water partition coefficient (Wildman–Crippen LogP) is 1.71. The summed E-state index contributed by atoms with van der Waals surface area (Å²) < 4.78 is 11.1. The van der Waals surface area contributed by atoms with E-state index < -0.39 is 0 Å². The third-order valence-corrected chi connectivity index (χ3v) is 6.69. The van der Waals surface area contributed by atoms with Crippen LogP contribution in [0.2, 0.25) is 0 Å². The van der Waals surface area contributed by atoms with Crippen molar-refractivity contribution in [3.8, 4) is 11.5 Å². The molecule has 0 unspecified atom stereocenters. The van der Waals surface area contributed by atoms with Crippen LogP contribution in [0.1, 0.15) is 36.4 Å². The lowest BCUT2D eigenvalue weighted by Crippen LogP contribution is -2.50. The van der Waals surface area contributed by atoms with E-state index in [1.165, 1.54) is 11.1 Å². The average molecular weight is 331 g/mol. The lowest BCUT2D eigenvalue weighted by molar-refractivity contribution is -0.0536. The summed E-state index contributed by atoms with van der Waals surface area (Å²) in [4.78, 5) is 2.61. The number of aliphatic hydroxyl groups is 2. The molecule has 24 heavy (non-hydrogen) atoms. The summed E-state index contributed by atoms with van der Waals surface area (Å²) in [5.74, 6) is 2.99. The van der Waals surface area contributed by atoms with Crippen LogP contribution in [0.25, 0.3) is 0 Å². The van der Waals surface area contributed by atoms with E-state index in [1.54, 1.807) is 0 Å². The number of hydrogen-bond acceptors (Lipinski definition) is 5. The zero-order chi connectivity index (χ0) is 16.3. The molecule has 0 aromatic heterocycles. The molecule has 3 heterocycles. The molecule has 1 aliphatic carbocycles. The third-order valence-electron chi connectivity index (χ3n) is 6.69. The maximum Gasteiger partial charge on any atom is 0.231 e. The Hall–Kier alpha value is -1.30. The zero-order valence-corrected chi connectivity index (χ0v) is 13.9. The van der Waals surface area contributed by atoms with E-state index in [9.17, 15) is 10.2 Å². The molecular formula is C19H25NO4. The number of fused-ring (bicyclic) bond motifs is 5. The molecule has 0 amide bonds. The van der Waals surface area contributed by atoms with E-state index in [2.05, 4.69) is 17.0 Å². The number of benzene rings is 1. The number of aliphatic hydroxyl groups excluding tert-OH is 2. The Bertz CT molecular complexity index is 648. The van der Waals surface area contributed by atoms with Crippen molar-refractivity contribution in [3.63, 3.8) is 0 Å². The normalized spacial score (nSPS) is 37.5. The Morgan fingerprint density at radius 2 is 1.92 bits per heavy atom. The van der Waals surface area contributed by atoms with Gasteiger partial charge in [0.15, 0.2) is 11.5 Å². The number of nitrogens with zero attached hydrogens (tertiary/aromatic N) is 1. The summed E-state index contributed by atoms with van der Waals surface area (Å²) in [5.41, 5.74) is 2.78. The first-order chi connectivity index (χ1) is 11.7. The molecule has 1 aromatic carbocycles. The van der Waals surface area contributed by atoms with Crippen LogP contribution in [-0.2, 0) is 6.42 Å². The van der Waals surface area contributed by atoms with Crippen LogP contribution in [0.5, 0.6) is 11.5 Å². The van der Waals surface area contributed by atoms with Crippen molar-refractivity contribution < 1.29 is 19.7 Å². The second-order valence-electron chi connectivity index (χ2n) is 7.90. The van der Waals surface area contributed by atoms with Gasteiger partial charge < -0.3 is 19.7 Å². The molecule has 5 nitrogen and oxygen atoms in total. The van der Waals surface area contributed by atoms with E-state index in [0.29, 0.717) is 24.7 Å². The Morgan fingerprint density at radius 3 is 2.75 bits per heavy atom. The highest BCUT2D eigenvalue weighted by molar-refractivity contribution is 5.50. The molecule has 1 aromatic rings. The Kier molecular flexibility index (Phi) is 3.51. The first-order valence-electron chi connectivity index (χ1n) is 9.18. The van der Waals surface area contributed by atoms with Crippen molar-refractivity contribution >= 4 is 0 Å². The summed E-state index contributed by atoms with van der Waals surface area (Å²) in [6, 6.07) is 4.78. The molecule has 1 saturated carbocycles. The highest BCUT2D eigenvalue weighted by Gasteiger charge is 2.44. The fraction of sp³-hybridized carbons (Fsp3) is 0.684. The fourth-order valence-electron chi connectivity index (χ4n) is 5.37. The van der Waals surface area contributed by atoms with Gasteiger partial charge in [0.25, 0.3) is 0 Å². The molecular weight excluding hydrogens is 306 g/mol. The molecule has 2 fully saturated rings. The molecule has 2 N–H and O–H groups in total. The zero-order valence-electron chi connectivity index (χ0n) is 13.9. The monoisotopic (exact) mass is 331 g/mol. The van der Waals surface area contributed by atoms with Gasteiger partial charge in [0.2, 0.25) is 6.79 Å². The number of hydrogen-bond donors (Lipinski definition) is 2. The van der Waals surface area contributed by atoms with Crippen LogP contribution < -0.4 is 9.47 Å². The molecule has 4 aliphatic rings. The van der Waals surface area contributed by atoms with Crippen LogP contribution in [0.3, 0.4) is 0 Å². The molecule has 0 bridgehead atoms. The van der Waals surface area contributed by atoms with Crippen LogP contribution in [0.4, 0.5) is 0 Å². The minimum atomic E-state index is -0.345. The maximum absolute atomic E-state index is 10.3. The lowest BCUT2D eigenvalue weighted by atomic mass is 9.66. The third kappa shape index (κ3) is 2.25. The molecule has 3 aliphatic heterocycles. The van der Waals surface area contributed by atoms with E-state index in [0.717, 1.165) is 50.3 Å². The first-order valence-corrected chi connectivity index (χ1v) is 9.18. The van der Waals surface area contributed by atoms with E-state index >= 15 is 0 Å². The first kappa shape index (κ1) is 15.0. The van der Waals surface area contributed by atoms with Crippen LogP contribution in [0.15, 0.2) is 12.1 Å². The summed E-state index contributed by atoms with van der Waals surface area (Å²) in [7, 11) is 0. The van der Waals surface area contributed by atoms with E-state index in [-0.39, 0.29) is 18.6 Å². The van der Waals surface area contributed by atoms with Gasteiger partial charge in [-0.1, -0.05) is 0 Å². The van der Waals surface area contributed by atoms with E-state index in [1.807, 2.05) is 0 Å². The van der Waals surface area contributed by atoms with Crippen molar-refractivity contribution in [1.82, 2.24) is 4.90 Å². The predicted molar refractivity (Wildman–Crippen MR) is 88.0 cm³/mol. The number of rotatable bonds is 1. The largest absolute Gasteiger partial charge is 0.454 e. The van der Waals surface area contributed by atoms with Gasteiger partial charge in [-0.25, -0.2) is 0 Å². The fourth-order valence-corrected chi connectivity index (χ4v) is 5.37. The molecule has 0 spiro atoms. The van der Waals surface area contributed by atoms with Crippen LogP contribution in [0, 0.1) is 17.8 Å². The highest BCUT2D eigenvalue weighted by atomic mass is 16.7. The van der Waals surface area contributed by atoms with Gasteiger partial charge in [0, 0.05) is 31.7 Å². The summed E-state index contributed by atoms with van der Waals surface area (Å²) in [6.07, 6.45) is 3.61. The lowest BCUT2D eigenvalue weighted by Gasteiger charge is -2.51. The SMILES string of the molecule is OC[C@@H]1C[C@@H]2CN3CCc4cc5c(cc4[C@@H]3C[C@@H]2C[C@@H]1O)OCO5. The van der Waals surface area contributed by atoms with Gasteiger partial charge >= 0.3 is 0 Å². The molecule has 5 atom stereocenters. The quantitative estimate of drug-likeness (QED) is 0.820. The van der Waals surface area contributed by atoms with Gasteiger partial charge in [0.1, 0.15) is 0 Å². The van der Waals surface area contributed by atoms with Crippen LogP contribution >= 0.6 is 0 Å². The minimum absolute atomic E-state index is 0.0636. The van der Waals surface area contributed by atoms with Gasteiger partial charge in [-0.3, -0.25) is 4.90 Å². The van der Waals surface area contributed by atoms with Gasteiger partial charge in [-0.15, -0.1) is 0 Å². The maximum atomic E-state index is 10.3. The van der Waals surface area contributed by atoms with Gasteiger partial charge in [0.05, 0.1) is 6.10 Å². The molecule has 0 radical (unpaired) electrons.